The second-order valence-corrected chi connectivity index (χ2v) is 7.15. The molecular formula is C25H21F2N3O2. The molecule has 0 aliphatic heterocycles. The molecule has 0 fully saturated rings. The lowest BCUT2D eigenvalue weighted by Gasteiger charge is -2.08. The van der Waals surface area contributed by atoms with Gasteiger partial charge < -0.3 is 14.6 Å². The Balaban J connectivity index is 1.37. The number of nitrogens with one attached hydrogen (secondary N) is 1. The third-order valence-electron chi connectivity index (χ3n) is 4.89. The number of benzene rings is 3. The number of alkyl halides is 2. The summed E-state index contributed by atoms with van der Waals surface area (Å²) in [5.74, 6) is -0.311. The molecule has 0 atom stereocenters. The number of halogens is 2. The quantitative estimate of drug-likeness (QED) is 0.397. The minimum Gasteiger partial charge on any atom is -0.434 e. The van der Waals surface area contributed by atoms with Gasteiger partial charge in [-0.3, -0.25) is 4.79 Å². The van der Waals surface area contributed by atoms with Crippen LogP contribution in [0.5, 0.6) is 5.75 Å². The van der Waals surface area contributed by atoms with E-state index in [1.165, 1.54) is 18.2 Å². The fraction of sp³-hybridized carbons (Fsp3) is 0.120. The lowest BCUT2D eigenvalue weighted by atomic mass is 10.1. The number of carbonyl (C=O) groups excluding carboxylic acids is 1. The molecule has 0 saturated carbocycles. The molecular weight excluding hydrogens is 412 g/mol. The van der Waals surface area contributed by atoms with Gasteiger partial charge in [-0.25, -0.2) is 4.98 Å². The average molecular weight is 433 g/mol. The van der Waals surface area contributed by atoms with Crippen molar-refractivity contribution < 1.29 is 18.3 Å². The Hall–Kier alpha value is -4.00. The summed E-state index contributed by atoms with van der Waals surface area (Å²) < 4.78 is 31.6. The van der Waals surface area contributed by atoms with Gasteiger partial charge in [0.2, 0.25) is 5.91 Å². The van der Waals surface area contributed by atoms with Crippen molar-refractivity contribution in [1.82, 2.24) is 14.9 Å². The molecule has 162 valence electrons. The van der Waals surface area contributed by atoms with Crippen molar-refractivity contribution in [3.8, 4) is 5.75 Å². The van der Waals surface area contributed by atoms with E-state index in [1.807, 2.05) is 54.9 Å². The van der Waals surface area contributed by atoms with Crippen LogP contribution in [0.25, 0.3) is 17.1 Å². The minimum atomic E-state index is -2.93. The molecule has 7 heteroatoms. The summed E-state index contributed by atoms with van der Waals surface area (Å²) in [6, 6.07) is 22.2. The Morgan fingerprint density at radius 1 is 1.03 bits per heavy atom. The number of rotatable bonds is 8. The Labute approximate surface area is 184 Å². The molecule has 0 aliphatic rings. The predicted octanol–water partition coefficient (Wildman–Crippen LogP) is 5.02. The summed E-state index contributed by atoms with van der Waals surface area (Å²) in [6.07, 6.45) is 4.57. The van der Waals surface area contributed by atoms with Crippen LogP contribution in [-0.2, 0) is 17.9 Å². The van der Waals surface area contributed by atoms with E-state index in [0.717, 1.165) is 22.2 Å². The Bertz CT molecular complexity index is 1250. The first-order chi connectivity index (χ1) is 15.6. The fourth-order valence-corrected chi connectivity index (χ4v) is 3.41. The summed E-state index contributed by atoms with van der Waals surface area (Å²) in [4.78, 5) is 16.6. The molecule has 5 nitrogen and oxygen atoms in total. The number of para-hydroxylation sites is 3. The molecule has 0 radical (unpaired) electrons. The number of ether oxygens (including phenoxy) is 1. The van der Waals surface area contributed by atoms with Crippen LogP contribution in [-0.4, -0.2) is 22.1 Å². The van der Waals surface area contributed by atoms with Crippen molar-refractivity contribution in [2.75, 3.05) is 0 Å². The van der Waals surface area contributed by atoms with E-state index in [1.54, 1.807) is 18.2 Å². The maximum Gasteiger partial charge on any atom is 0.387 e. The minimum absolute atomic E-state index is 0.0197. The van der Waals surface area contributed by atoms with Gasteiger partial charge >= 0.3 is 6.61 Å². The van der Waals surface area contributed by atoms with Gasteiger partial charge in [0.15, 0.2) is 0 Å². The zero-order chi connectivity index (χ0) is 22.3. The van der Waals surface area contributed by atoms with Crippen LogP contribution in [0.2, 0.25) is 0 Å². The van der Waals surface area contributed by atoms with E-state index in [-0.39, 0.29) is 11.7 Å². The highest BCUT2D eigenvalue weighted by Crippen LogP contribution is 2.21. The molecule has 1 N–H and O–H groups in total. The second-order valence-electron chi connectivity index (χ2n) is 7.15. The number of amides is 1. The van der Waals surface area contributed by atoms with Gasteiger partial charge in [0.1, 0.15) is 5.75 Å². The summed E-state index contributed by atoms with van der Waals surface area (Å²) >= 11 is 0. The number of carbonyl (C=O) groups is 1. The van der Waals surface area contributed by atoms with Crippen molar-refractivity contribution in [2.45, 2.75) is 19.7 Å². The largest absolute Gasteiger partial charge is 0.434 e. The number of hydrogen-bond acceptors (Lipinski definition) is 3. The highest BCUT2D eigenvalue weighted by atomic mass is 19.3. The maximum atomic E-state index is 12.5. The van der Waals surface area contributed by atoms with Crippen LogP contribution in [0.15, 0.2) is 85.2 Å². The van der Waals surface area contributed by atoms with Crippen LogP contribution in [0, 0.1) is 0 Å². The molecule has 3 aromatic carbocycles. The van der Waals surface area contributed by atoms with E-state index >= 15 is 0 Å². The average Bonchev–Trinajstić information content (AvgIpc) is 3.20. The topological polar surface area (TPSA) is 56.1 Å². The van der Waals surface area contributed by atoms with Crippen molar-refractivity contribution in [3.63, 3.8) is 0 Å². The maximum absolute atomic E-state index is 12.5. The van der Waals surface area contributed by atoms with Gasteiger partial charge in [-0.15, -0.1) is 0 Å². The molecule has 0 saturated heterocycles. The molecule has 0 unspecified atom stereocenters. The van der Waals surface area contributed by atoms with Crippen LogP contribution < -0.4 is 10.1 Å². The summed E-state index contributed by atoms with van der Waals surface area (Å²) in [6.45, 7) is -1.91. The van der Waals surface area contributed by atoms with E-state index in [4.69, 9.17) is 0 Å². The molecule has 0 aliphatic carbocycles. The molecule has 4 rings (SSSR count). The standard InChI is InChI=1S/C25H21F2N3O2/c26-25(27)32-23-11-4-1-8-20(23)12-13-24(31)28-15-18-6-5-7-19(14-18)16-30-17-29-21-9-2-3-10-22(21)30/h1-14,17,25H,15-16H2,(H,28,31). The van der Waals surface area contributed by atoms with Crippen molar-refractivity contribution in [2.24, 2.45) is 0 Å². The molecule has 1 amide bonds. The molecule has 0 bridgehead atoms. The molecule has 0 spiro atoms. The van der Waals surface area contributed by atoms with Gasteiger partial charge in [-0.05, 0) is 35.4 Å². The lowest BCUT2D eigenvalue weighted by Crippen LogP contribution is -2.20. The monoisotopic (exact) mass is 433 g/mol. The van der Waals surface area contributed by atoms with Gasteiger partial charge in [-0.2, -0.15) is 8.78 Å². The zero-order valence-corrected chi connectivity index (χ0v) is 17.1. The van der Waals surface area contributed by atoms with Crippen molar-refractivity contribution >= 4 is 23.0 Å². The van der Waals surface area contributed by atoms with Crippen LogP contribution >= 0.6 is 0 Å². The third kappa shape index (κ3) is 5.37. The predicted molar refractivity (Wildman–Crippen MR) is 119 cm³/mol. The zero-order valence-electron chi connectivity index (χ0n) is 17.1. The normalized spacial score (nSPS) is 11.3. The van der Waals surface area contributed by atoms with E-state index in [9.17, 15) is 13.6 Å². The first-order valence-electron chi connectivity index (χ1n) is 10.1. The number of fused-ring (bicyclic) bond motifs is 1. The number of aromatic nitrogens is 2. The smallest absolute Gasteiger partial charge is 0.387 e. The summed E-state index contributed by atoms with van der Waals surface area (Å²) in [5.41, 5.74) is 4.46. The van der Waals surface area contributed by atoms with Crippen LogP contribution in [0.3, 0.4) is 0 Å². The SMILES string of the molecule is O=C(C=Cc1ccccc1OC(F)F)NCc1cccc(Cn2cnc3ccccc32)c1. The first kappa shape index (κ1) is 21.2. The molecule has 1 aromatic heterocycles. The first-order valence-corrected chi connectivity index (χ1v) is 10.1. The fourth-order valence-electron chi connectivity index (χ4n) is 3.41. The summed E-state index contributed by atoms with van der Waals surface area (Å²) in [7, 11) is 0. The molecule has 32 heavy (non-hydrogen) atoms. The highest BCUT2D eigenvalue weighted by molar-refractivity contribution is 5.92. The van der Waals surface area contributed by atoms with E-state index in [2.05, 4.69) is 19.6 Å². The number of nitrogens with zero attached hydrogens (tertiary/aromatic N) is 2. The number of imidazole rings is 1. The van der Waals surface area contributed by atoms with Crippen molar-refractivity contribution in [1.29, 1.82) is 0 Å². The van der Waals surface area contributed by atoms with Gasteiger partial charge in [0, 0.05) is 24.7 Å². The van der Waals surface area contributed by atoms with Crippen molar-refractivity contribution in [3.05, 3.63) is 102 Å². The van der Waals surface area contributed by atoms with E-state index < -0.39 is 6.61 Å². The Kier molecular flexibility index (Phi) is 6.55. The number of hydrogen-bond donors (Lipinski definition) is 1. The third-order valence-corrected chi connectivity index (χ3v) is 4.89. The Morgan fingerprint density at radius 2 is 1.81 bits per heavy atom. The van der Waals surface area contributed by atoms with Crippen LogP contribution in [0.1, 0.15) is 16.7 Å². The van der Waals surface area contributed by atoms with E-state index in [0.29, 0.717) is 18.7 Å². The molecule has 4 aromatic rings. The Morgan fingerprint density at radius 3 is 2.69 bits per heavy atom. The lowest BCUT2D eigenvalue weighted by molar-refractivity contribution is -0.116. The second kappa shape index (κ2) is 9.87. The van der Waals surface area contributed by atoms with Gasteiger partial charge in [0.25, 0.3) is 0 Å². The molecule has 1 heterocycles. The van der Waals surface area contributed by atoms with Crippen LogP contribution in [0.4, 0.5) is 8.78 Å². The van der Waals surface area contributed by atoms with Gasteiger partial charge in [-0.1, -0.05) is 54.6 Å². The highest BCUT2D eigenvalue weighted by Gasteiger charge is 2.08. The van der Waals surface area contributed by atoms with Gasteiger partial charge in [0.05, 0.1) is 17.4 Å². The summed E-state index contributed by atoms with van der Waals surface area (Å²) in [5, 5.41) is 2.81.